The third kappa shape index (κ3) is 3.27. The van der Waals surface area contributed by atoms with E-state index in [1.807, 2.05) is 12.1 Å². The summed E-state index contributed by atoms with van der Waals surface area (Å²) in [5.41, 5.74) is 3.35. The van der Waals surface area contributed by atoms with E-state index in [1.165, 1.54) is 5.56 Å². The second-order valence-corrected chi connectivity index (χ2v) is 5.83. The lowest BCUT2D eigenvalue weighted by Gasteiger charge is -2.12. The molecule has 0 saturated carbocycles. The van der Waals surface area contributed by atoms with Gasteiger partial charge in [-0.3, -0.25) is 0 Å². The highest BCUT2D eigenvalue weighted by Gasteiger charge is 2.05. The van der Waals surface area contributed by atoms with E-state index in [0.29, 0.717) is 6.54 Å². The molecule has 0 radical (unpaired) electrons. The van der Waals surface area contributed by atoms with Crippen molar-refractivity contribution in [1.82, 2.24) is 0 Å². The van der Waals surface area contributed by atoms with E-state index in [0.717, 1.165) is 20.2 Å². The Kier molecular flexibility index (Phi) is 4.30. The fraction of sp³-hybridized carbons (Fsp3) is 0.143. The lowest BCUT2D eigenvalue weighted by atomic mass is 10.2. The van der Waals surface area contributed by atoms with Gasteiger partial charge >= 0.3 is 0 Å². The van der Waals surface area contributed by atoms with E-state index in [-0.39, 0.29) is 5.75 Å². The van der Waals surface area contributed by atoms with E-state index >= 15 is 0 Å². The lowest BCUT2D eigenvalue weighted by molar-refractivity contribution is 0.475. The Labute approximate surface area is 123 Å². The normalized spacial score (nSPS) is 10.4. The molecule has 0 spiro atoms. The summed E-state index contributed by atoms with van der Waals surface area (Å²) >= 11 is 7.10. The van der Waals surface area contributed by atoms with Crippen LogP contribution in [0.25, 0.3) is 0 Å². The molecule has 0 bridgehead atoms. The van der Waals surface area contributed by atoms with Gasteiger partial charge in [-0.25, -0.2) is 0 Å². The predicted molar refractivity (Wildman–Crippen MR) is 82.0 cm³/mol. The van der Waals surface area contributed by atoms with Crippen molar-refractivity contribution in [1.29, 1.82) is 0 Å². The molecule has 0 aliphatic heterocycles. The number of phenolic OH excluding ortho intramolecular Hbond substituents is 1. The molecule has 0 atom stereocenters. The molecule has 4 heteroatoms. The number of halogens is 2. The molecule has 0 heterocycles. The van der Waals surface area contributed by atoms with Gasteiger partial charge in [0.05, 0.1) is 5.69 Å². The second kappa shape index (κ2) is 5.76. The maximum Gasteiger partial charge on any atom is 0.115 e. The van der Waals surface area contributed by atoms with Crippen LogP contribution >= 0.6 is 31.9 Å². The van der Waals surface area contributed by atoms with E-state index in [4.69, 9.17) is 0 Å². The first-order valence-corrected chi connectivity index (χ1v) is 7.12. The van der Waals surface area contributed by atoms with Crippen molar-refractivity contribution in [2.24, 2.45) is 0 Å². The van der Waals surface area contributed by atoms with Crippen molar-refractivity contribution in [3.8, 4) is 5.75 Å². The number of benzene rings is 2. The minimum absolute atomic E-state index is 0.288. The average molecular weight is 371 g/mol. The van der Waals surface area contributed by atoms with Gasteiger partial charge in [-0.2, -0.15) is 0 Å². The molecule has 0 aliphatic carbocycles. The number of rotatable bonds is 3. The first kappa shape index (κ1) is 13.4. The van der Waals surface area contributed by atoms with Gasteiger partial charge in [0.1, 0.15) is 5.75 Å². The molecule has 2 rings (SSSR count). The van der Waals surface area contributed by atoms with Crippen molar-refractivity contribution in [2.45, 2.75) is 13.5 Å². The lowest BCUT2D eigenvalue weighted by Crippen LogP contribution is -2.01. The molecule has 0 fully saturated rings. The molecule has 2 aromatic rings. The van der Waals surface area contributed by atoms with Gasteiger partial charge in [-0.15, -0.1) is 0 Å². The number of nitrogens with one attached hydrogen (secondary N) is 1. The highest BCUT2D eigenvalue weighted by molar-refractivity contribution is 9.11. The number of aromatic hydroxyl groups is 1. The summed E-state index contributed by atoms with van der Waals surface area (Å²) in [6.07, 6.45) is 0. The summed E-state index contributed by atoms with van der Waals surface area (Å²) < 4.78 is 2.07. The molecule has 0 amide bonds. The monoisotopic (exact) mass is 369 g/mol. The van der Waals surface area contributed by atoms with Crippen molar-refractivity contribution in [2.75, 3.05) is 5.32 Å². The number of hydrogen-bond acceptors (Lipinski definition) is 2. The number of aryl methyl sites for hydroxylation is 1. The Bertz CT molecular complexity index is 529. The molecular formula is C14H13Br2NO. The zero-order chi connectivity index (χ0) is 13.1. The Morgan fingerprint density at radius 1 is 1.06 bits per heavy atom. The Morgan fingerprint density at radius 3 is 2.17 bits per heavy atom. The topological polar surface area (TPSA) is 32.3 Å². The van der Waals surface area contributed by atoms with E-state index in [1.54, 1.807) is 12.1 Å². The third-order valence-electron chi connectivity index (χ3n) is 2.59. The molecule has 2 aromatic carbocycles. The van der Waals surface area contributed by atoms with Crippen molar-refractivity contribution < 1.29 is 5.11 Å². The van der Waals surface area contributed by atoms with Crippen LogP contribution in [0.5, 0.6) is 5.75 Å². The maximum atomic E-state index is 9.23. The molecule has 0 aromatic heterocycles. The van der Waals surface area contributed by atoms with E-state index < -0.39 is 0 Å². The molecule has 0 unspecified atom stereocenters. The minimum Gasteiger partial charge on any atom is -0.508 e. The van der Waals surface area contributed by atoms with Crippen LogP contribution < -0.4 is 5.32 Å². The minimum atomic E-state index is 0.288. The van der Waals surface area contributed by atoms with E-state index in [2.05, 4.69) is 56.2 Å². The summed E-state index contributed by atoms with van der Waals surface area (Å²) in [5.74, 6) is 0.288. The summed E-state index contributed by atoms with van der Waals surface area (Å²) in [7, 11) is 0. The largest absolute Gasteiger partial charge is 0.508 e. The molecule has 2 N–H and O–H groups in total. The van der Waals surface area contributed by atoms with Crippen LogP contribution in [-0.4, -0.2) is 5.11 Å². The fourth-order valence-corrected chi connectivity index (χ4v) is 3.37. The highest BCUT2D eigenvalue weighted by atomic mass is 79.9. The summed E-state index contributed by atoms with van der Waals surface area (Å²) in [6, 6.07) is 11.3. The molecule has 18 heavy (non-hydrogen) atoms. The smallest absolute Gasteiger partial charge is 0.115 e. The Hall–Kier alpha value is -1.000. The summed E-state index contributed by atoms with van der Waals surface area (Å²) in [4.78, 5) is 0. The number of hydrogen-bond donors (Lipinski definition) is 2. The van der Waals surface area contributed by atoms with E-state index in [9.17, 15) is 5.11 Å². The van der Waals surface area contributed by atoms with Gasteiger partial charge in [-0.1, -0.05) is 12.1 Å². The molecule has 0 saturated heterocycles. The van der Waals surface area contributed by atoms with Gasteiger partial charge in [0.25, 0.3) is 0 Å². The van der Waals surface area contributed by atoms with Crippen LogP contribution in [0.1, 0.15) is 11.1 Å². The van der Waals surface area contributed by atoms with Crippen LogP contribution in [0.4, 0.5) is 5.69 Å². The van der Waals surface area contributed by atoms with Gasteiger partial charge in [0.2, 0.25) is 0 Å². The standard InChI is InChI=1S/C14H13Br2NO/c1-9-6-12(15)14(13(16)7-9)17-8-10-2-4-11(18)5-3-10/h2-7,17-18H,8H2,1H3. The van der Waals surface area contributed by atoms with Crippen LogP contribution in [0.3, 0.4) is 0 Å². The molecular weight excluding hydrogens is 358 g/mol. The zero-order valence-electron chi connectivity index (χ0n) is 9.87. The summed E-state index contributed by atoms with van der Waals surface area (Å²) in [5, 5.41) is 12.6. The first-order valence-electron chi connectivity index (χ1n) is 5.53. The predicted octanol–water partition coefficient (Wildman–Crippen LogP) is 4.84. The van der Waals surface area contributed by atoms with Crippen molar-refractivity contribution >= 4 is 37.5 Å². The van der Waals surface area contributed by atoms with Crippen LogP contribution in [-0.2, 0) is 6.54 Å². The van der Waals surface area contributed by atoms with Crippen molar-refractivity contribution in [3.63, 3.8) is 0 Å². The molecule has 0 aliphatic rings. The Morgan fingerprint density at radius 2 is 1.61 bits per heavy atom. The highest BCUT2D eigenvalue weighted by Crippen LogP contribution is 2.32. The number of anilines is 1. The van der Waals surface area contributed by atoms with Gasteiger partial charge in [0.15, 0.2) is 0 Å². The van der Waals surface area contributed by atoms with Crippen molar-refractivity contribution in [3.05, 3.63) is 56.5 Å². The van der Waals surface area contributed by atoms with Crippen LogP contribution in [0, 0.1) is 6.92 Å². The van der Waals surface area contributed by atoms with Crippen LogP contribution in [0.15, 0.2) is 45.3 Å². The second-order valence-electron chi connectivity index (χ2n) is 4.12. The molecule has 2 nitrogen and oxygen atoms in total. The van der Waals surface area contributed by atoms with Gasteiger partial charge < -0.3 is 10.4 Å². The van der Waals surface area contributed by atoms with Crippen LogP contribution in [0.2, 0.25) is 0 Å². The summed E-state index contributed by atoms with van der Waals surface area (Å²) in [6.45, 7) is 2.76. The zero-order valence-corrected chi connectivity index (χ0v) is 13.0. The third-order valence-corrected chi connectivity index (χ3v) is 3.84. The number of phenols is 1. The average Bonchev–Trinajstić information content (AvgIpc) is 2.30. The maximum absolute atomic E-state index is 9.23. The molecule has 94 valence electrons. The van der Waals surface area contributed by atoms with Gasteiger partial charge in [0, 0.05) is 15.5 Å². The SMILES string of the molecule is Cc1cc(Br)c(NCc2ccc(O)cc2)c(Br)c1. The van der Waals surface area contributed by atoms with Gasteiger partial charge in [-0.05, 0) is 74.2 Å². The Balaban J connectivity index is 2.13. The fourth-order valence-electron chi connectivity index (χ4n) is 1.67. The quantitative estimate of drug-likeness (QED) is 0.810. The first-order chi connectivity index (χ1) is 8.56.